The van der Waals surface area contributed by atoms with Crippen LogP contribution in [0.1, 0.15) is 93.8 Å². The molecule has 1 aromatic heterocycles. The monoisotopic (exact) mass is 493 g/mol. The van der Waals surface area contributed by atoms with Gasteiger partial charge in [0.1, 0.15) is 5.76 Å². The van der Waals surface area contributed by atoms with Crippen LogP contribution < -0.4 is 10.6 Å². The van der Waals surface area contributed by atoms with Gasteiger partial charge in [-0.15, -0.1) is 0 Å². The molecule has 10 heteroatoms. The number of aromatic nitrogens is 1. The third-order valence-electron chi connectivity index (χ3n) is 7.94. The molecule has 4 heterocycles. The Bertz CT molecular complexity index is 954. The lowest BCUT2D eigenvalue weighted by atomic mass is 9.99. The van der Waals surface area contributed by atoms with Crippen LogP contribution in [0.2, 0.25) is 0 Å². The summed E-state index contributed by atoms with van der Waals surface area (Å²) in [5.41, 5.74) is 0.328. The zero-order valence-corrected chi connectivity index (χ0v) is 21.2. The molecule has 4 fully saturated rings. The van der Waals surface area contributed by atoms with Gasteiger partial charge in [0.25, 0.3) is 16.1 Å². The minimum atomic E-state index is -3.48. The van der Waals surface area contributed by atoms with Crippen LogP contribution in [-0.4, -0.2) is 71.9 Å². The first kappa shape index (κ1) is 24.2. The van der Waals surface area contributed by atoms with E-state index in [0.717, 1.165) is 57.3 Å². The van der Waals surface area contributed by atoms with Crippen LogP contribution in [-0.2, 0) is 10.2 Å². The molecule has 190 valence electrons. The molecule has 0 unspecified atom stereocenters. The van der Waals surface area contributed by atoms with Crippen molar-refractivity contribution in [2.45, 2.75) is 102 Å². The Morgan fingerprint density at radius 2 is 1.76 bits per heavy atom. The highest BCUT2D eigenvalue weighted by atomic mass is 32.2. The maximum atomic E-state index is 13.6. The highest BCUT2D eigenvalue weighted by Gasteiger charge is 2.49. The van der Waals surface area contributed by atoms with Gasteiger partial charge < -0.3 is 15.2 Å². The number of carbonyl (C=O) groups is 1. The maximum absolute atomic E-state index is 13.6. The lowest BCUT2D eigenvalue weighted by Crippen LogP contribution is -2.57. The summed E-state index contributed by atoms with van der Waals surface area (Å²) in [5, 5.41) is 10.6. The minimum absolute atomic E-state index is 0.0339. The van der Waals surface area contributed by atoms with Crippen LogP contribution in [0.4, 0.5) is 0 Å². The van der Waals surface area contributed by atoms with Gasteiger partial charge in [-0.1, -0.05) is 19.0 Å². The molecule has 3 saturated heterocycles. The molecule has 5 rings (SSSR count). The molecule has 2 bridgehead atoms. The molecule has 2 N–H and O–H groups in total. The van der Waals surface area contributed by atoms with E-state index < -0.39 is 10.2 Å². The normalized spacial score (nSPS) is 29.1. The van der Waals surface area contributed by atoms with Gasteiger partial charge in [-0.05, 0) is 70.3 Å². The van der Waals surface area contributed by atoms with Gasteiger partial charge in [-0.25, -0.2) is 0 Å². The van der Waals surface area contributed by atoms with Gasteiger partial charge in [0.05, 0.1) is 0 Å². The summed E-state index contributed by atoms with van der Waals surface area (Å²) in [4.78, 5) is 12.7. The topological polar surface area (TPSA) is 108 Å². The molecular weight excluding hydrogens is 454 g/mol. The van der Waals surface area contributed by atoms with E-state index in [-0.39, 0.29) is 24.0 Å². The highest BCUT2D eigenvalue weighted by molar-refractivity contribution is 7.86. The number of hydrogen-bond acceptors (Lipinski definition) is 6. The fourth-order valence-electron chi connectivity index (χ4n) is 5.84. The molecule has 0 spiro atoms. The van der Waals surface area contributed by atoms with Crippen molar-refractivity contribution >= 4 is 16.1 Å². The second-order valence-corrected chi connectivity index (χ2v) is 12.9. The summed E-state index contributed by atoms with van der Waals surface area (Å²) in [6, 6.07) is 2.03. The zero-order chi connectivity index (χ0) is 23.9. The van der Waals surface area contributed by atoms with Crippen molar-refractivity contribution in [2.75, 3.05) is 19.6 Å². The second-order valence-electron chi connectivity index (χ2n) is 11.1. The number of hydrogen-bond donors (Lipinski definition) is 2. The fraction of sp³-hybridized carbons (Fsp3) is 0.833. The van der Waals surface area contributed by atoms with Crippen LogP contribution in [0, 0.1) is 5.92 Å². The fourth-order valence-corrected chi connectivity index (χ4v) is 7.92. The van der Waals surface area contributed by atoms with E-state index in [2.05, 4.69) is 29.6 Å². The van der Waals surface area contributed by atoms with Crippen molar-refractivity contribution in [1.29, 1.82) is 0 Å². The zero-order valence-electron chi connectivity index (χ0n) is 20.4. The molecule has 1 aromatic rings. The lowest BCUT2D eigenvalue weighted by molar-refractivity contribution is 0.0897. The van der Waals surface area contributed by atoms with E-state index >= 15 is 0 Å². The number of amides is 1. The minimum Gasteiger partial charge on any atom is -0.360 e. The quantitative estimate of drug-likeness (QED) is 0.548. The Kier molecular flexibility index (Phi) is 7.03. The molecule has 4 aliphatic rings. The average molecular weight is 494 g/mol. The molecule has 1 amide bonds. The molecule has 1 aliphatic carbocycles. The van der Waals surface area contributed by atoms with E-state index in [1.54, 1.807) is 14.7 Å². The SMILES string of the molecule is CC(C)CCNC1CCN(S(=O)(=O)N2[C@@H]3CC[C@H]2C[C@@H](NC(=O)c2cc(C4CC4)on2)C3)CC1. The number of piperidine rings is 2. The van der Waals surface area contributed by atoms with Gasteiger partial charge in [0.15, 0.2) is 5.69 Å². The Balaban J connectivity index is 1.14. The molecule has 34 heavy (non-hydrogen) atoms. The van der Waals surface area contributed by atoms with E-state index in [1.807, 2.05) is 0 Å². The summed E-state index contributed by atoms with van der Waals surface area (Å²) in [6.45, 7) is 6.59. The summed E-state index contributed by atoms with van der Waals surface area (Å²) >= 11 is 0. The average Bonchev–Trinajstić information content (AvgIpc) is 3.45. The van der Waals surface area contributed by atoms with Crippen LogP contribution in [0.25, 0.3) is 0 Å². The van der Waals surface area contributed by atoms with Gasteiger partial charge in [-0.3, -0.25) is 4.79 Å². The molecule has 1 saturated carbocycles. The Morgan fingerprint density at radius 3 is 2.38 bits per heavy atom. The molecule has 3 atom stereocenters. The van der Waals surface area contributed by atoms with Crippen molar-refractivity contribution in [3.05, 3.63) is 17.5 Å². The van der Waals surface area contributed by atoms with Crippen molar-refractivity contribution < 1.29 is 17.7 Å². The third-order valence-corrected chi connectivity index (χ3v) is 10.1. The van der Waals surface area contributed by atoms with Crippen molar-refractivity contribution in [3.63, 3.8) is 0 Å². The number of nitrogens with zero attached hydrogens (tertiary/aromatic N) is 3. The predicted octanol–water partition coefficient (Wildman–Crippen LogP) is 2.62. The van der Waals surface area contributed by atoms with Crippen molar-refractivity contribution in [1.82, 2.24) is 24.4 Å². The Hall–Kier alpha value is -1.49. The first-order valence-electron chi connectivity index (χ1n) is 13.1. The number of rotatable bonds is 9. The summed E-state index contributed by atoms with van der Waals surface area (Å²) in [5.74, 6) is 1.67. The Morgan fingerprint density at radius 1 is 1.09 bits per heavy atom. The van der Waals surface area contributed by atoms with E-state index in [4.69, 9.17) is 4.52 Å². The number of nitrogens with one attached hydrogen (secondary N) is 2. The molecule has 0 aromatic carbocycles. The Labute approximate surface area is 203 Å². The summed E-state index contributed by atoms with van der Waals surface area (Å²) in [7, 11) is -3.48. The van der Waals surface area contributed by atoms with Gasteiger partial charge >= 0.3 is 0 Å². The number of fused-ring (bicyclic) bond motifs is 2. The molecule has 9 nitrogen and oxygen atoms in total. The smallest absolute Gasteiger partial charge is 0.282 e. The van der Waals surface area contributed by atoms with Crippen LogP contribution >= 0.6 is 0 Å². The summed E-state index contributed by atoms with van der Waals surface area (Å²) in [6.07, 6.45) is 8.09. The molecule has 0 radical (unpaired) electrons. The molecular formula is C24H39N5O4S. The largest absolute Gasteiger partial charge is 0.360 e. The number of carbonyl (C=O) groups excluding carboxylic acids is 1. The highest BCUT2D eigenvalue weighted by Crippen LogP contribution is 2.41. The summed E-state index contributed by atoms with van der Waals surface area (Å²) < 4.78 is 35.9. The van der Waals surface area contributed by atoms with Gasteiger partial charge in [-0.2, -0.15) is 17.0 Å². The first-order valence-corrected chi connectivity index (χ1v) is 14.5. The maximum Gasteiger partial charge on any atom is 0.282 e. The predicted molar refractivity (Wildman–Crippen MR) is 129 cm³/mol. The third kappa shape index (κ3) is 5.20. The molecule has 3 aliphatic heterocycles. The van der Waals surface area contributed by atoms with Crippen molar-refractivity contribution in [2.24, 2.45) is 5.92 Å². The lowest BCUT2D eigenvalue weighted by Gasteiger charge is -2.42. The van der Waals surface area contributed by atoms with E-state index in [9.17, 15) is 13.2 Å². The van der Waals surface area contributed by atoms with Crippen molar-refractivity contribution in [3.8, 4) is 0 Å². The first-order chi connectivity index (χ1) is 16.3. The van der Waals surface area contributed by atoms with Gasteiger partial charge in [0, 0.05) is 49.2 Å². The second kappa shape index (κ2) is 9.87. The van der Waals surface area contributed by atoms with Crippen LogP contribution in [0.5, 0.6) is 0 Å². The standard InChI is InChI=1S/C24H39N5O4S/c1-16(2)7-10-25-18-8-11-28(12-9-18)34(31,32)29-20-5-6-21(29)14-19(13-20)26-24(30)22-15-23(33-27-22)17-3-4-17/h15-21,25H,3-14H2,1-2H3,(H,26,30)/t19-,20+,21-. The van der Waals surface area contributed by atoms with E-state index in [1.165, 1.54) is 0 Å². The van der Waals surface area contributed by atoms with Crippen LogP contribution in [0.3, 0.4) is 0 Å². The van der Waals surface area contributed by atoms with Crippen LogP contribution in [0.15, 0.2) is 10.6 Å². The van der Waals surface area contributed by atoms with E-state index in [0.29, 0.717) is 49.5 Å². The van der Waals surface area contributed by atoms with Gasteiger partial charge in [0.2, 0.25) is 0 Å².